The second-order valence-electron chi connectivity index (χ2n) is 5.14. The second kappa shape index (κ2) is 8.92. The van der Waals surface area contributed by atoms with Gasteiger partial charge in [0.2, 0.25) is 0 Å². The molecule has 20 heavy (non-hydrogen) atoms. The number of benzene rings is 1. The van der Waals surface area contributed by atoms with E-state index in [0.717, 1.165) is 21.8 Å². The maximum absolute atomic E-state index is 9.99. The van der Waals surface area contributed by atoms with Gasteiger partial charge in [0.1, 0.15) is 38.1 Å². The number of hydrogen-bond acceptors (Lipinski definition) is 4. The van der Waals surface area contributed by atoms with Gasteiger partial charge < -0.3 is 25.0 Å². The highest BCUT2D eigenvalue weighted by atomic mass is 16.5. The fourth-order valence-corrected chi connectivity index (χ4v) is 2.09. The third-order valence-electron chi connectivity index (χ3n) is 3.23. The molecule has 0 aromatic heterocycles. The molecule has 1 aromatic rings. The van der Waals surface area contributed by atoms with Gasteiger partial charge in [0.25, 0.3) is 0 Å². The molecule has 0 saturated heterocycles. The van der Waals surface area contributed by atoms with Crippen LogP contribution < -0.4 is 9.64 Å². The minimum atomic E-state index is -0.622. The molecule has 0 saturated carbocycles. The van der Waals surface area contributed by atoms with Crippen LogP contribution in [0, 0.1) is 13.8 Å². The van der Waals surface area contributed by atoms with Crippen LogP contribution in [-0.4, -0.2) is 60.9 Å². The molecule has 4 N–H and O–H groups in total. The number of aryl methyl sites for hydroxylation is 2. The van der Waals surface area contributed by atoms with Gasteiger partial charge in [0, 0.05) is 0 Å². The first-order chi connectivity index (χ1) is 9.56. The molecule has 5 nitrogen and oxygen atoms in total. The van der Waals surface area contributed by atoms with Crippen LogP contribution in [0.25, 0.3) is 0 Å². The zero-order valence-corrected chi connectivity index (χ0v) is 12.3. The first kappa shape index (κ1) is 16.9. The van der Waals surface area contributed by atoms with E-state index in [-0.39, 0.29) is 19.8 Å². The quantitative estimate of drug-likeness (QED) is 0.465. The molecule has 0 fully saturated rings. The second-order valence-corrected chi connectivity index (χ2v) is 5.14. The molecule has 0 heterocycles. The molecule has 0 unspecified atom stereocenters. The highest BCUT2D eigenvalue weighted by Crippen LogP contribution is 2.18. The summed E-state index contributed by atoms with van der Waals surface area (Å²) in [6, 6.07) is 5.97. The SMILES string of the molecule is Cc1ccc(C)c(OC[C@@H](O)C[NH+](CCO)CCO)c1. The summed E-state index contributed by atoms with van der Waals surface area (Å²) < 4.78 is 5.65. The van der Waals surface area contributed by atoms with Crippen LogP contribution in [0.2, 0.25) is 0 Å². The van der Waals surface area contributed by atoms with E-state index >= 15 is 0 Å². The number of hydrogen-bond donors (Lipinski definition) is 4. The molecular formula is C15H26NO4+. The van der Waals surface area contributed by atoms with E-state index in [2.05, 4.69) is 0 Å². The molecule has 0 aliphatic carbocycles. The molecule has 1 aromatic carbocycles. The minimum absolute atomic E-state index is 0.0416. The van der Waals surface area contributed by atoms with E-state index in [0.29, 0.717) is 19.6 Å². The van der Waals surface area contributed by atoms with Crippen molar-refractivity contribution in [1.82, 2.24) is 0 Å². The lowest BCUT2D eigenvalue weighted by atomic mass is 10.1. The fraction of sp³-hybridized carbons (Fsp3) is 0.600. The van der Waals surface area contributed by atoms with Gasteiger partial charge in [0.15, 0.2) is 0 Å². The van der Waals surface area contributed by atoms with Crippen molar-refractivity contribution in [2.45, 2.75) is 20.0 Å². The lowest BCUT2D eigenvalue weighted by Gasteiger charge is -2.21. The molecule has 0 bridgehead atoms. The summed E-state index contributed by atoms with van der Waals surface area (Å²) in [6.45, 7) is 5.74. The van der Waals surface area contributed by atoms with Crippen molar-refractivity contribution in [1.29, 1.82) is 0 Å². The van der Waals surface area contributed by atoms with Gasteiger partial charge in [-0.15, -0.1) is 0 Å². The highest BCUT2D eigenvalue weighted by molar-refractivity contribution is 5.35. The smallest absolute Gasteiger partial charge is 0.137 e. The topological polar surface area (TPSA) is 74.4 Å². The maximum Gasteiger partial charge on any atom is 0.137 e. The van der Waals surface area contributed by atoms with Gasteiger partial charge in [-0.3, -0.25) is 0 Å². The zero-order valence-electron chi connectivity index (χ0n) is 12.3. The largest absolute Gasteiger partial charge is 0.490 e. The molecule has 0 spiro atoms. The Balaban J connectivity index is 2.45. The van der Waals surface area contributed by atoms with Crippen molar-refractivity contribution in [2.24, 2.45) is 0 Å². The molecule has 5 heteroatoms. The molecule has 0 amide bonds. The van der Waals surface area contributed by atoms with Crippen LogP contribution in [0.5, 0.6) is 5.75 Å². The Kier molecular flexibility index (Phi) is 7.54. The summed E-state index contributed by atoms with van der Waals surface area (Å²) in [5.41, 5.74) is 2.16. The molecule has 0 aliphatic rings. The molecule has 0 aliphatic heterocycles. The zero-order chi connectivity index (χ0) is 15.0. The van der Waals surface area contributed by atoms with Crippen molar-refractivity contribution in [3.8, 4) is 5.75 Å². The third kappa shape index (κ3) is 5.88. The number of aliphatic hydroxyl groups is 3. The molecular weight excluding hydrogens is 258 g/mol. The highest BCUT2D eigenvalue weighted by Gasteiger charge is 2.15. The Bertz CT molecular complexity index is 391. The average molecular weight is 284 g/mol. The Morgan fingerprint density at radius 3 is 2.40 bits per heavy atom. The van der Waals surface area contributed by atoms with Crippen molar-refractivity contribution >= 4 is 0 Å². The monoisotopic (exact) mass is 284 g/mol. The Morgan fingerprint density at radius 2 is 1.80 bits per heavy atom. The molecule has 0 radical (unpaired) electrons. The van der Waals surface area contributed by atoms with Crippen LogP contribution in [0.15, 0.2) is 18.2 Å². The van der Waals surface area contributed by atoms with Gasteiger partial charge in [-0.1, -0.05) is 12.1 Å². The van der Waals surface area contributed by atoms with Crippen LogP contribution in [0.4, 0.5) is 0 Å². The van der Waals surface area contributed by atoms with Crippen molar-refractivity contribution in [2.75, 3.05) is 39.5 Å². The van der Waals surface area contributed by atoms with Gasteiger partial charge in [0.05, 0.1) is 13.2 Å². The van der Waals surface area contributed by atoms with E-state index in [1.807, 2.05) is 32.0 Å². The summed E-state index contributed by atoms with van der Waals surface area (Å²) in [5.74, 6) is 0.787. The van der Waals surface area contributed by atoms with Gasteiger partial charge >= 0.3 is 0 Å². The Hall–Kier alpha value is -1.14. The number of aliphatic hydroxyl groups excluding tert-OH is 3. The van der Waals surface area contributed by atoms with Crippen LogP contribution in [0.3, 0.4) is 0 Å². The lowest BCUT2D eigenvalue weighted by Crippen LogP contribution is -3.14. The third-order valence-corrected chi connectivity index (χ3v) is 3.23. The molecule has 1 rings (SSSR count). The van der Waals surface area contributed by atoms with Crippen LogP contribution >= 0.6 is 0 Å². The minimum Gasteiger partial charge on any atom is -0.490 e. The number of ether oxygens (including phenoxy) is 1. The van der Waals surface area contributed by atoms with E-state index in [1.165, 1.54) is 0 Å². The fourth-order valence-electron chi connectivity index (χ4n) is 2.09. The van der Waals surface area contributed by atoms with Gasteiger partial charge in [-0.05, 0) is 31.0 Å². The van der Waals surface area contributed by atoms with E-state index in [1.54, 1.807) is 0 Å². The predicted molar refractivity (Wildman–Crippen MR) is 77.2 cm³/mol. The summed E-state index contributed by atoms with van der Waals surface area (Å²) >= 11 is 0. The Labute approximate surface area is 120 Å². The number of rotatable bonds is 9. The van der Waals surface area contributed by atoms with E-state index in [9.17, 15) is 5.11 Å². The average Bonchev–Trinajstić information content (AvgIpc) is 2.40. The van der Waals surface area contributed by atoms with Gasteiger partial charge in [-0.2, -0.15) is 0 Å². The Morgan fingerprint density at radius 1 is 1.15 bits per heavy atom. The predicted octanol–water partition coefficient (Wildman–Crippen LogP) is -1.09. The van der Waals surface area contributed by atoms with Crippen molar-refractivity contribution in [3.63, 3.8) is 0 Å². The summed E-state index contributed by atoms with van der Waals surface area (Å²) in [7, 11) is 0. The molecule has 1 atom stereocenters. The summed E-state index contributed by atoms with van der Waals surface area (Å²) in [6.07, 6.45) is -0.622. The van der Waals surface area contributed by atoms with E-state index < -0.39 is 6.10 Å². The van der Waals surface area contributed by atoms with Gasteiger partial charge in [-0.25, -0.2) is 0 Å². The number of nitrogens with one attached hydrogen (secondary N) is 1. The standard InChI is InChI=1S/C15H25NO4/c1-12-3-4-13(2)15(9-12)20-11-14(19)10-16(5-7-17)6-8-18/h3-4,9,14,17-19H,5-8,10-11H2,1-2H3/p+1/t14-/m0/s1. The summed E-state index contributed by atoms with van der Waals surface area (Å²) in [4.78, 5) is 0.965. The maximum atomic E-state index is 9.99. The lowest BCUT2D eigenvalue weighted by molar-refractivity contribution is -0.903. The molecule has 114 valence electrons. The number of quaternary nitrogens is 1. The van der Waals surface area contributed by atoms with Crippen LogP contribution in [-0.2, 0) is 0 Å². The van der Waals surface area contributed by atoms with Crippen LogP contribution in [0.1, 0.15) is 11.1 Å². The van der Waals surface area contributed by atoms with Crippen molar-refractivity contribution in [3.05, 3.63) is 29.3 Å². The summed E-state index contributed by atoms with van der Waals surface area (Å²) in [5, 5.41) is 27.9. The first-order valence-electron chi connectivity index (χ1n) is 7.00. The first-order valence-corrected chi connectivity index (χ1v) is 7.00. The van der Waals surface area contributed by atoms with E-state index in [4.69, 9.17) is 14.9 Å². The normalized spacial score (nSPS) is 12.7. The van der Waals surface area contributed by atoms with Crippen molar-refractivity contribution < 1.29 is 25.0 Å².